The van der Waals surface area contributed by atoms with Crippen LogP contribution in [0, 0.1) is 5.41 Å². The number of hydrogen-bond acceptors (Lipinski definition) is 4. The predicted octanol–water partition coefficient (Wildman–Crippen LogP) is 2.20. The van der Waals surface area contributed by atoms with Gasteiger partial charge in [-0.2, -0.15) is 0 Å². The van der Waals surface area contributed by atoms with E-state index < -0.39 is 17.7 Å². The van der Waals surface area contributed by atoms with Crippen LogP contribution in [0.2, 0.25) is 0 Å². The van der Waals surface area contributed by atoms with E-state index in [9.17, 15) is 9.59 Å². The molecule has 1 saturated carbocycles. The summed E-state index contributed by atoms with van der Waals surface area (Å²) in [6.07, 6.45) is 1.70. The smallest absolute Gasteiger partial charge is 0.410 e. The van der Waals surface area contributed by atoms with Crippen molar-refractivity contribution in [1.82, 2.24) is 4.90 Å². The van der Waals surface area contributed by atoms with Crippen molar-refractivity contribution in [2.75, 3.05) is 20.2 Å². The Morgan fingerprint density at radius 2 is 1.83 bits per heavy atom. The third-order valence-corrected chi connectivity index (χ3v) is 2.88. The number of carbonyl (C=O) groups is 2. The van der Waals surface area contributed by atoms with Gasteiger partial charge in [-0.25, -0.2) is 4.79 Å². The van der Waals surface area contributed by atoms with E-state index in [1.54, 1.807) is 20.8 Å². The summed E-state index contributed by atoms with van der Waals surface area (Å²) in [5, 5.41) is 0. The van der Waals surface area contributed by atoms with Gasteiger partial charge in [-0.1, -0.05) is 6.92 Å². The van der Waals surface area contributed by atoms with Crippen molar-refractivity contribution in [3.8, 4) is 0 Å². The summed E-state index contributed by atoms with van der Waals surface area (Å²) in [5.41, 5.74) is -0.430. The largest absolute Gasteiger partial charge is 0.468 e. The topological polar surface area (TPSA) is 55.8 Å². The lowest BCUT2D eigenvalue weighted by atomic mass is 10.1. The zero-order valence-corrected chi connectivity index (χ0v) is 11.9. The van der Waals surface area contributed by atoms with Gasteiger partial charge in [0.2, 0.25) is 0 Å². The zero-order valence-electron chi connectivity index (χ0n) is 11.9. The summed E-state index contributed by atoms with van der Waals surface area (Å²) in [4.78, 5) is 24.8. The highest BCUT2D eigenvalue weighted by Gasteiger charge is 2.41. The van der Waals surface area contributed by atoms with Gasteiger partial charge >= 0.3 is 12.1 Å². The molecule has 0 radical (unpaired) electrons. The lowest BCUT2D eigenvalue weighted by Gasteiger charge is -2.28. The summed E-state index contributed by atoms with van der Waals surface area (Å²) < 4.78 is 9.91. The molecule has 1 aliphatic rings. The molecule has 0 aromatic carbocycles. The monoisotopic (exact) mass is 257 g/mol. The second-order valence-corrected chi connectivity index (χ2v) is 6.22. The Kier molecular flexibility index (Phi) is 4.24. The normalized spacial score (nSPS) is 16.9. The van der Waals surface area contributed by atoms with Crippen molar-refractivity contribution in [1.29, 1.82) is 0 Å². The van der Waals surface area contributed by atoms with E-state index in [1.165, 1.54) is 12.0 Å². The molecule has 1 aliphatic carbocycles. The highest BCUT2D eigenvalue weighted by molar-refractivity contribution is 5.78. The van der Waals surface area contributed by atoms with E-state index in [0.29, 0.717) is 6.54 Å². The fraction of sp³-hybridized carbons (Fsp3) is 0.846. The van der Waals surface area contributed by atoms with Crippen LogP contribution in [-0.4, -0.2) is 42.8 Å². The fourth-order valence-corrected chi connectivity index (χ4v) is 1.56. The predicted molar refractivity (Wildman–Crippen MR) is 67.2 cm³/mol. The van der Waals surface area contributed by atoms with Crippen LogP contribution in [0.25, 0.3) is 0 Å². The van der Waals surface area contributed by atoms with Crippen molar-refractivity contribution in [2.45, 2.75) is 46.1 Å². The van der Waals surface area contributed by atoms with Crippen LogP contribution in [-0.2, 0) is 14.3 Å². The van der Waals surface area contributed by atoms with Crippen molar-refractivity contribution >= 4 is 12.1 Å². The Balaban J connectivity index is 2.63. The summed E-state index contributed by atoms with van der Waals surface area (Å²) >= 11 is 0. The molecule has 0 saturated heterocycles. The van der Waals surface area contributed by atoms with Crippen LogP contribution >= 0.6 is 0 Å². The first-order valence-corrected chi connectivity index (χ1v) is 6.20. The Labute approximate surface area is 108 Å². The molecule has 1 fully saturated rings. The first-order chi connectivity index (χ1) is 8.15. The second kappa shape index (κ2) is 5.16. The molecule has 18 heavy (non-hydrogen) atoms. The molecule has 104 valence electrons. The molecule has 5 nitrogen and oxygen atoms in total. The first-order valence-electron chi connectivity index (χ1n) is 6.20. The van der Waals surface area contributed by atoms with E-state index in [4.69, 9.17) is 4.74 Å². The average molecular weight is 257 g/mol. The van der Waals surface area contributed by atoms with Crippen LogP contribution in [0.1, 0.15) is 40.5 Å². The average Bonchev–Trinajstić information content (AvgIpc) is 2.92. The van der Waals surface area contributed by atoms with Crippen molar-refractivity contribution < 1.29 is 19.1 Å². The number of carbonyl (C=O) groups excluding carboxylic acids is 2. The molecule has 0 aromatic heterocycles. The number of ether oxygens (including phenoxy) is 2. The second-order valence-electron chi connectivity index (χ2n) is 6.22. The quantitative estimate of drug-likeness (QED) is 0.724. The Morgan fingerprint density at radius 3 is 2.22 bits per heavy atom. The molecule has 5 heteroatoms. The van der Waals surface area contributed by atoms with Crippen molar-refractivity contribution in [3.63, 3.8) is 0 Å². The SMILES string of the molecule is COC(=O)CN(CC1(C)CC1)C(=O)OC(C)(C)C. The maximum atomic E-state index is 12.0. The Bertz CT molecular complexity index is 328. The van der Waals surface area contributed by atoms with Gasteiger partial charge in [0.05, 0.1) is 7.11 Å². The van der Waals surface area contributed by atoms with Gasteiger partial charge in [0, 0.05) is 6.54 Å². The van der Waals surface area contributed by atoms with Crippen molar-refractivity contribution in [3.05, 3.63) is 0 Å². The lowest BCUT2D eigenvalue weighted by Crippen LogP contribution is -2.42. The van der Waals surface area contributed by atoms with Gasteiger partial charge < -0.3 is 9.47 Å². The van der Waals surface area contributed by atoms with Crippen LogP contribution < -0.4 is 0 Å². The molecule has 0 N–H and O–H groups in total. The maximum absolute atomic E-state index is 12.0. The molecular weight excluding hydrogens is 234 g/mol. The Hall–Kier alpha value is -1.26. The lowest BCUT2D eigenvalue weighted by molar-refractivity contribution is -0.142. The number of amides is 1. The molecule has 0 bridgehead atoms. The summed E-state index contributed by atoms with van der Waals surface area (Å²) in [7, 11) is 1.31. The van der Waals surface area contributed by atoms with Gasteiger partial charge in [0.25, 0.3) is 0 Å². The molecule has 0 aromatic rings. The molecule has 1 amide bonds. The molecule has 0 spiro atoms. The minimum absolute atomic E-state index is 0.0546. The first kappa shape index (κ1) is 14.8. The summed E-state index contributed by atoms with van der Waals surface area (Å²) in [6.45, 7) is 8.00. The molecule has 0 aliphatic heterocycles. The molecule has 1 rings (SSSR count). The van der Waals surface area contributed by atoms with E-state index in [0.717, 1.165) is 12.8 Å². The summed E-state index contributed by atoms with van der Waals surface area (Å²) in [6, 6.07) is 0. The van der Waals surface area contributed by atoms with Gasteiger partial charge in [-0.05, 0) is 39.0 Å². The molecular formula is C13H23NO4. The van der Waals surface area contributed by atoms with Crippen LogP contribution in [0.3, 0.4) is 0 Å². The van der Waals surface area contributed by atoms with Crippen LogP contribution in [0.4, 0.5) is 4.79 Å². The van der Waals surface area contributed by atoms with E-state index in [-0.39, 0.29) is 12.0 Å². The minimum Gasteiger partial charge on any atom is -0.468 e. The van der Waals surface area contributed by atoms with Gasteiger partial charge in [0.1, 0.15) is 12.1 Å². The maximum Gasteiger partial charge on any atom is 0.410 e. The zero-order chi connectivity index (χ0) is 14.0. The molecule has 0 atom stereocenters. The van der Waals surface area contributed by atoms with Gasteiger partial charge in [-0.15, -0.1) is 0 Å². The third-order valence-electron chi connectivity index (χ3n) is 2.88. The highest BCUT2D eigenvalue weighted by atomic mass is 16.6. The number of hydrogen-bond donors (Lipinski definition) is 0. The number of methoxy groups -OCH3 is 1. The third kappa shape index (κ3) is 4.94. The molecule has 0 heterocycles. The summed E-state index contributed by atoms with van der Waals surface area (Å²) in [5.74, 6) is -0.426. The number of rotatable bonds is 4. The fourth-order valence-electron chi connectivity index (χ4n) is 1.56. The van der Waals surface area contributed by atoms with E-state index in [1.807, 2.05) is 0 Å². The number of esters is 1. The minimum atomic E-state index is -0.560. The van der Waals surface area contributed by atoms with Crippen molar-refractivity contribution in [2.24, 2.45) is 5.41 Å². The van der Waals surface area contributed by atoms with E-state index in [2.05, 4.69) is 11.7 Å². The van der Waals surface area contributed by atoms with Gasteiger partial charge in [0.15, 0.2) is 0 Å². The highest BCUT2D eigenvalue weighted by Crippen LogP contribution is 2.45. The standard InChI is InChI=1S/C13H23NO4/c1-12(2,3)18-11(16)14(8-10(15)17-5)9-13(4)6-7-13/h6-9H2,1-5H3. The molecule has 0 unspecified atom stereocenters. The Morgan fingerprint density at radius 1 is 1.28 bits per heavy atom. The van der Waals surface area contributed by atoms with E-state index >= 15 is 0 Å². The number of nitrogens with zero attached hydrogens (tertiary/aromatic N) is 1. The van der Waals surface area contributed by atoms with Gasteiger partial charge in [-0.3, -0.25) is 9.69 Å². The van der Waals surface area contributed by atoms with Crippen LogP contribution in [0.15, 0.2) is 0 Å². The van der Waals surface area contributed by atoms with Crippen LogP contribution in [0.5, 0.6) is 0 Å².